The fourth-order valence-electron chi connectivity index (χ4n) is 6.83. The van der Waals surface area contributed by atoms with Crippen LogP contribution in [-0.4, -0.2) is 77.7 Å². The number of allylic oxidation sites excluding steroid dienone is 1. The first-order chi connectivity index (χ1) is 23.2. The van der Waals surface area contributed by atoms with Crippen LogP contribution < -0.4 is 0 Å². The molecule has 0 aliphatic heterocycles. The lowest BCUT2D eigenvalue weighted by Gasteiger charge is -2.44. The zero-order valence-corrected chi connectivity index (χ0v) is 30.1. The molecule has 0 radical (unpaired) electrons. The Morgan fingerprint density at radius 1 is 0.720 bits per heavy atom. The molecule has 0 bridgehead atoms. The highest BCUT2D eigenvalue weighted by Crippen LogP contribution is 2.52. The average Bonchev–Trinajstić information content (AvgIpc) is 3.21. The number of benzene rings is 1. The van der Waals surface area contributed by atoms with Crippen molar-refractivity contribution in [1.29, 1.82) is 0 Å². The quantitative estimate of drug-likeness (QED) is 0.223. The molecule has 8 atom stereocenters. The molecule has 13 nitrogen and oxygen atoms in total. The van der Waals surface area contributed by atoms with Crippen LogP contribution in [0.15, 0.2) is 53.6 Å². The van der Waals surface area contributed by atoms with Gasteiger partial charge in [-0.3, -0.25) is 28.8 Å². The Hall–Kier alpha value is -4.81. The third-order valence-electron chi connectivity index (χ3n) is 8.95. The summed E-state index contributed by atoms with van der Waals surface area (Å²) in [6.45, 7) is 13.7. The van der Waals surface area contributed by atoms with E-state index >= 15 is 0 Å². The molecule has 0 N–H and O–H groups in total. The fraction of sp³-hybridized carbons (Fsp3) is 0.541. The largest absolute Gasteiger partial charge is 0.458 e. The molecule has 0 unspecified atom stereocenters. The SMILES string of the molecule is CC(=O)O[C@@H]1/C(C)=C/CC(C)(C)[C@@H](OC(C)=O)[C@@H](OC(C)=O)C(=O)/C(C)=C\[C@H]2[C@@H](OC(=O)c3ccccc3)[C@@H](C)[C@H](OC(C)=O)[C@]12OC(C)=O. The summed E-state index contributed by atoms with van der Waals surface area (Å²) in [6.07, 6.45) is -3.91. The van der Waals surface area contributed by atoms with E-state index in [1.54, 1.807) is 52.0 Å². The van der Waals surface area contributed by atoms with Gasteiger partial charge in [-0.2, -0.15) is 0 Å². The number of carbonyl (C=O) groups is 7. The first-order valence-corrected chi connectivity index (χ1v) is 16.3. The zero-order valence-electron chi connectivity index (χ0n) is 30.1. The fourth-order valence-corrected chi connectivity index (χ4v) is 6.83. The van der Waals surface area contributed by atoms with E-state index < -0.39 is 95.0 Å². The van der Waals surface area contributed by atoms with Crippen molar-refractivity contribution >= 4 is 41.6 Å². The molecule has 0 aromatic heterocycles. The molecule has 2 aliphatic rings. The van der Waals surface area contributed by atoms with Crippen LogP contribution in [0, 0.1) is 17.3 Å². The second-order valence-corrected chi connectivity index (χ2v) is 13.5. The Morgan fingerprint density at radius 2 is 1.26 bits per heavy atom. The monoisotopic (exact) mass is 698 g/mol. The van der Waals surface area contributed by atoms with E-state index in [0.717, 1.165) is 34.6 Å². The molecular formula is C37H46O13. The second-order valence-electron chi connectivity index (χ2n) is 13.5. The molecule has 1 saturated carbocycles. The lowest BCUT2D eigenvalue weighted by molar-refractivity contribution is -0.210. The highest BCUT2D eigenvalue weighted by Gasteiger charge is 2.69. The maximum Gasteiger partial charge on any atom is 0.338 e. The van der Waals surface area contributed by atoms with Crippen LogP contribution in [0.3, 0.4) is 0 Å². The first kappa shape index (κ1) is 39.6. The molecule has 0 spiro atoms. The topological polar surface area (TPSA) is 175 Å². The van der Waals surface area contributed by atoms with Crippen molar-refractivity contribution in [2.24, 2.45) is 17.3 Å². The standard InChI is InChI=1S/C37H46O13/c1-19-16-17-36(9,10)34(48-25(7)41)31(45-22(4)38)29(43)20(2)18-28-30(49-35(44)27-14-12-11-13-15-27)21(3)33(47-24(6)40)37(28,50-26(8)42)32(19)46-23(5)39/h11-16,18,21,28,30-34H,17H2,1-10H3/b19-16+,20-18-/t21-,28+,30+,31+,32-,33+,34+,37-/m1/s1. The third-order valence-corrected chi connectivity index (χ3v) is 8.95. The number of carbonyl (C=O) groups excluding carboxylic acids is 7. The molecule has 272 valence electrons. The van der Waals surface area contributed by atoms with Gasteiger partial charge in [0.05, 0.1) is 11.5 Å². The van der Waals surface area contributed by atoms with Gasteiger partial charge in [0.1, 0.15) is 6.10 Å². The van der Waals surface area contributed by atoms with E-state index in [4.69, 9.17) is 28.4 Å². The molecule has 50 heavy (non-hydrogen) atoms. The van der Waals surface area contributed by atoms with Crippen LogP contribution in [-0.2, 0) is 57.2 Å². The van der Waals surface area contributed by atoms with Gasteiger partial charge in [0.25, 0.3) is 0 Å². The number of hydrogen-bond donors (Lipinski definition) is 0. The van der Waals surface area contributed by atoms with E-state index in [0.29, 0.717) is 5.57 Å². The zero-order chi connectivity index (χ0) is 37.7. The molecule has 1 aromatic carbocycles. The van der Waals surface area contributed by atoms with E-state index in [2.05, 4.69) is 0 Å². The molecule has 2 aliphatic carbocycles. The number of hydrogen-bond acceptors (Lipinski definition) is 13. The number of fused-ring (bicyclic) bond motifs is 1. The molecule has 1 aromatic rings. The summed E-state index contributed by atoms with van der Waals surface area (Å²) in [5.74, 6) is -7.70. The Bertz CT molecular complexity index is 1570. The molecule has 0 amide bonds. The third kappa shape index (κ3) is 8.67. The van der Waals surface area contributed by atoms with E-state index in [9.17, 15) is 33.6 Å². The van der Waals surface area contributed by atoms with E-state index in [1.807, 2.05) is 0 Å². The summed E-state index contributed by atoms with van der Waals surface area (Å²) in [6, 6.07) is 8.06. The summed E-state index contributed by atoms with van der Waals surface area (Å²) in [5, 5.41) is 0. The maximum absolute atomic E-state index is 14.4. The van der Waals surface area contributed by atoms with Crippen LogP contribution in [0.2, 0.25) is 0 Å². The predicted octanol–water partition coefficient (Wildman–Crippen LogP) is 4.40. The van der Waals surface area contributed by atoms with Crippen LogP contribution >= 0.6 is 0 Å². The van der Waals surface area contributed by atoms with E-state index in [1.165, 1.54) is 25.1 Å². The van der Waals surface area contributed by atoms with Gasteiger partial charge in [0.2, 0.25) is 11.9 Å². The van der Waals surface area contributed by atoms with Gasteiger partial charge in [0, 0.05) is 46.0 Å². The lowest BCUT2D eigenvalue weighted by Crippen LogP contribution is -2.60. The lowest BCUT2D eigenvalue weighted by atomic mass is 9.74. The van der Waals surface area contributed by atoms with Gasteiger partial charge >= 0.3 is 35.8 Å². The van der Waals surface area contributed by atoms with Crippen molar-refractivity contribution in [1.82, 2.24) is 0 Å². The van der Waals surface area contributed by atoms with Crippen LogP contribution in [0.5, 0.6) is 0 Å². The Morgan fingerprint density at radius 3 is 1.78 bits per heavy atom. The molecule has 13 heteroatoms. The van der Waals surface area contributed by atoms with Crippen molar-refractivity contribution in [3.05, 3.63) is 59.2 Å². The summed E-state index contributed by atoms with van der Waals surface area (Å²) in [7, 11) is 0. The first-order valence-electron chi connectivity index (χ1n) is 16.3. The number of esters is 6. The van der Waals surface area contributed by atoms with Gasteiger partial charge in [-0.1, -0.05) is 51.1 Å². The minimum Gasteiger partial charge on any atom is -0.458 e. The van der Waals surface area contributed by atoms with Gasteiger partial charge in [-0.15, -0.1) is 0 Å². The van der Waals surface area contributed by atoms with Crippen LogP contribution in [0.4, 0.5) is 0 Å². The normalized spacial score (nSPS) is 31.4. The summed E-state index contributed by atoms with van der Waals surface area (Å²) in [4.78, 5) is 91.3. The highest BCUT2D eigenvalue weighted by molar-refractivity contribution is 6.00. The van der Waals surface area contributed by atoms with Crippen molar-refractivity contribution in [3.8, 4) is 0 Å². The average molecular weight is 699 g/mol. The van der Waals surface area contributed by atoms with Crippen molar-refractivity contribution in [2.75, 3.05) is 0 Å². The minimum absolute atomic E-state index is 0.0589. The van der Waals surface area contributed by atoms with Crippen LogP contribution in [0.1, 0.15) is 86.0 Å². The maximum atomic E-state index is 14.4. The van der Waals surface area contributed by atoms with Gasteiger partial charge in [-0.05, 0) is 43.5 Å². The Kier molecular flexibility index (Phi) is 12.5. The molecular weight excluding hydrogens is 652 g/mol. The van der Waals surface area contributed by atoms with Crippen molar-refractivity contribution in [2.45, 2.75) is 112 Å². The van der Waals surface area contributed by atoms with Gasteiger partial charge in [-0.25, -0.2) is 4.79 Å². The molecule has 0 heterocycles. The minimum atomic E-state index is -2.10. The second kappa shape index (κ2) is 15.8. The number of rotatable bonds is 7. The predicted molar refractivity (Wildman–Crippen MR) is 176 cm³/mol. The van der Waals surface area contributed by atoms with E-state index in [-0.39, 0.29) is 17.6 Å². The summed E-state index contributed by atoms with van der Waals surface area (Å²) in [5.41, 5.74) is -2.72. The summed E-state index contributed by atoms with van der Waals surface area (Å²) >= 11 is 0. The number of Topliss-reactive ketones (excluding diaryl/α,β-unsaturated/α-hetero) is 1. The summed E-state index contributed by atoms with van der Waals surface area (Å²) < 4.78 is 35.3. The Balaban J connectivity index is 2.49. The number of ether oxygens (including phenoxy) is 6. The van der Waals surface area contributed by atoms with Gasteiger partial charge < -0.3 is 28.4 Å². The Labute approximate surface area is 291 Å². The molecule has 3 rings (SSSR count). The van der Waals surface area contributed by atoms with Crippen molar-refractivity contribution < 1.29 is 62.0 Å². The van der Waals surface area contributed by atoms with Gasteiger partial charge in [0.15, 0.2) is 23.9 Å². The molecule has 1 fully saturated rings. The van der Waals surface area contributed by atoms with Crippen LogP contribution in [0.25, 0.3) is 0 Å². The highest BCUT2D eigenvalue weighted by atomic mass is 16.6. The van der Waals surface area contributed by atoms with Crippen molar-refractivity contribution in [3.63, 3.8) is 0 Å². The number of ketones is 1. The molecule has 0 saturated heterocycles. The smallest absolute Gasteiger partial charge is 0.338 e.